The van der Waals surface area contributed by atoms with Gasteiger partial charge in [-0.1, -0.05) is 67.9 Å². The maximum Gasteiger partial charge on any atom is 0.311 e. The monoisotopic (exact) mass is 323 g/mol. The lowest BCUT2D eigenvalue weighted by atomic mass is 9.85. The first-order valence-electron chi connectivity index (χ1n) is 8.23. The molecule has 4 nitrogen and oxygen atoms in total. The van der Waals surface area contributed by atoms with Gasteiger partial charge in [0, 0.05) is 11.6 Å². The molecule has 0 unspecified atom stereocenters. The summed E-state index contributed by atoms with van der Waals surface area (Å²) >= 11 is 0. The lowest BCUT2D eigenvalue weighted by Crippen LogP contribution is -2.12. The first-order chi connectivity index (χ1) is 10.6. The van der Waals surface area contributed by atoms with Crippen molar-refractivity contribution in [1.82, 2.24) is 0 Å². The molecule has 0 atom stereocenters. The van der Waals surface area contributed by atoms with Gasteiger partial charge in [0.05, 0.1) is 4.92 Å². The van der Waals surface area contributed by atoms with Crippen LogP contribution in [0, 0.1) is 10.1 Å². The third kappa shape index (κ3) is 7.82. The van der Waals surface area contributed by atoms with Gasteiger partial charge >= 0.3 is 5.69 Å². The van der Waals surface area contributed by atoms with Gasteiger partial charge in [0.1, 0.15) is 0 Å². The molecule has 0 aliphatic carbocycles. The Kier molecular flexibility index (Phi) is 11.0. The van der Waals surface area contributed by atoms with Crippen LogP contribution in [0.25, 0.3) is 5.57 Å². The molecule has 0 aliphatic heterocycles. The van der Waals surface area contributed by atoms with Gasteiger partial charge in [-0.05, 0) is 29.5 Å². The van der Waals surface area contributed by atoms with Crippen molar-refractivity contribution < 1.29 is 10.0 Å². The Morgan fingerprint density at radius 3 is 1.91 bits per heavy atom. The summed E-state index contributed by atoms with van der Waals surface area (Å²) in [6.07, 6.45) is 2.64. The molecule has 4 heteroatoms. The molecular formula is C19H33NO3. The van der Waals surface area contributed by atoms with Crippen LogP contribution < -0.4 is 0 Å². The van der Waals surface area contributed by atoms with E-state index < -0.39 is 4.92 Å². The molecule has 0 fully saturated rings. The van der Waals surface area contributed by atoms with Gasteiger partial charge in [-0.25, -0.2) is 0 Å². The van der Waals surface area contributed by atoms with E-state index in [1.807, 2.05) is 34.6 Å². The Hall–Kier alpha value is -1.84. The van der Waals surface area contributed by atoms with E-state index in [-0.39, 0.29) is 16.9 Å². The fourth-order valence-electron chi connectivity index (χ4n) is 1.52. The Balaban J connectivity index is 0. The molecule has 0 aliphatic rings. The van der Waals surface area contributed by atoms with Gasteiger partial charge in [-0.3, -0.25) is 10.1 Å². The molecule has 1 N–H and O–H groups in total. The predicted octanol–water partition coefficient (Wildman–Crippen LogP) is 6.46. The molecule has 0 aromatic heterocycles. The number of benzene rings is 1. The minimum atomic E-state index is -0.572. The van der Waals surface area contributed by atoms with E-state index in [9.17, 15) is 15.2 Å². The van der Waals surface area contributed by atoms with E-state index in [1.54, 1.807) is 13.0 Å². The number of nitro groups is 1. The summed E-state index contributed by atoms with van der Waals surface area (Å²) in [5, 5.41) is 20.7. The maximum atomic E-state index is 10.9. The molecule has 0 saturated carbocycles. The average molecular weight is 323 g/mol. The van der Waals surface area contributed by atoms with Crippen molar-refractivity contribution in [2.24, 2.45) is 0 Å². The number of rotatable bonds is 3. The SMILES string of the molecule is C=C(C)c1cc(C(C)(C)C)cc([N+](=O)[O-])c1O.CC.CCCC. The minimum Gasteiger partial charge on any atom is -0.502 e. The first kappa shape index (κ1) is 23.4. The van der Waals surface area contributed by atoms with Crippen LogP contribution in [0.5, 0.6) is 5.75 Å². The van der Waals surface area contributed by atoms with Crippen molar-refractivity contribution in [1.29, 1.82) is 0 Å². The molecule has 0 saturated heterocycles. The van der Waals surface area contributed by atoms with Gasteiger partial charge in [0.2, 0.25) is 5.75 Å². The van der Waals surface area contributed by atoms with Crippen LogP contribution in [0.2, 0.25) is 0 Å². The standard InChI is InChI=1S/C13H17NO3.C4H10.C2H6/c1-8(2)10-6-9(13(3,4)5)7-11(12(10)15)14(16)17;1-3-4-2;1-2/h6-7,15H,1H2,2-5H3;3-4H2,1-2H3;1-2H3. The number of hydrogen-bond donors (Lipinski definition) is 1. The van der Waals surface area contributed by atoms with Gasteiger partial charge in [0.25, 0.3) is 0 Å². The molecule has 132 valence electrons. The lowest BCUT2D eigenvalue weighted by Gasteiger charge is -2.20. The van der Waals surface area contributed by atoms with Crippen LogP contribution in [-0.4, -0.2) is 10.0 Å². The molecule has 0 bridgehead atoms. The van der Waals surface area contributed by atoms with Crippen LogP contribution in [0.1, 0.15) is 79.4 Å². The van der Waals surface area contributed by atoms with Crippen LogP contribution in [0.15, 0.2) is 18.7 Å². The molecule has 1 aromatic carbocycles. The minimum absolute atomic E-state index is 0.220. The quantitative estimate of drug-likeness (QED) is 0.512. The van der Waals surface area contributed by atoms with Crippen LogP contribution in [0.3, 0.4) is 0 Å². The predicted molar refractivity (Wildman–Crippen MR) is 100 cm³/mol. The normalized spacial score (nSPS) is 9.91. The van der Waals surface area contributed by atoms with Crippen LogP contribution in [-0.2, 0) is 5.41 Å². The van der Waals surface area contributed by atoms with Crippen molar-refractivity contribution in [2.75, 3.05) is 0 Å². The molecule has 1 aromatic rings. The van der Waals surface area contributed by atoms with Crippen LogP contribution in [0.4, 0.5) is 5.69 Å². The lowest BCUT2D eigenvalue weighted by molar-refractivity contribution is -0.386. The van der Waals surface area contributed by atoms with Crippen LogP contribution >= 0.6 is 0 Å². The highest BCUT2D eigenvalue weighted by Crippen LogP contribution is 2.38. The van der Waals surface area contributed by atoms with Gasteiger partial charge in [-0.15, -0.1) is 0 Å². The highest BCUT2D eigenvalue weighted by molar-refractivity contribution is 5.72. The Bertz CT molecular complexity index is 477. The van der Waals surface area contributed by atoms with Crippen molar-refractivity contribution >= 4 is 11.3 Å². The summed E-state index contributed by atoms with van der Waals surface area (Å²) in [7, 11) is 0. The topological polar surface area (TPSA) is 63.4 Å². The second-order valence-electron chi connectivity index (χ2n) is 6.18. The van der Waals surface area contributed by atoms with Crippen molar-refractivity contribution in [2.45, 2.75) is 73.6 Å². The molecule has 0 spiro atoms. The summed E-state index contributed by atoms with van der Waals surface area (Å²) in [5.74, 6) is -0.310. The fraction of sp³-hybridized carbons (Fsp3) is 0.579. The molecular weight excluding hydrogens is 290 g/mol. The molecule has 1 rings (SSSR count). The number of phenols is 1. The van der Waals surface area contributed by atoms with Crippen molar-refractivity contribution in [3.63, 3.8) is 0 Å². The number of aromatic hydroxyl groups is 1. The smallest absolute Gasteiger partial charge is 0.311 e. The highest BCUT2D eigenvalue weighted by atomic mass is 16.6. The summed E-state index contributed by atoms with van der Waals surface area (Å²) in [4.78, 5) is 10.3. The van der Waals surface area contributed by atoms with Gasteiger partial charge < -0.3 is 5.11 Å². The van der Waals surface area contributed by atoms with Gasteiger partial charge in [0.15, 0.2) is 0 Å². The van der Waals surface area contributed by atoms with E-state index in [0.717, 1.165) is 5.56 Å². The summed E-state index contributed by atoms with van der Waals surface area (Å²) in [5.41, 5.74) is 1.36. The largest absolute Gasteiger partial charge is 0.502 e. The Morgan fingerprint density at radius 1 is 1.22 bits per heavy atom. The van der Waals surface area contributed by atoms with E-state index in [2.05, 4.69) is 20.4 Å². The number of unbranched alkanes of at least 4 members (excludes halogenated alkanes) is 1. The van der Waals surface area contributed by atoms with Crippen molar-refractivity contribution in [3.05, 3.63) is 40.0 Å². The number of phenolic OH excluding ortho intramolecular Hbond substituents is 1. The summed E-state index contributed by atoms with van der Waals surface area (Å²) in [6, 6.07) is 3.17. The third-order valence-electron chi connectivity index (χ3n) is 3.11. The molecule has 23 heavy (non-hydrogen) atoms. The molecule has 0 heterocycles. The van der Waals surface area contributed by atoms with E-state index in [1.165, 1.54) is 18.9 Å². The zero-order valence-corrected chi connectivity index (χ0v) is 16.0. The second-order valence-corrected chi connectivity index (χ2v) is 6.18. The zero-order chi connectivity index (χ0) is 18.8. The third-order valence-corrected chi connectivity index (χ3v) is 3.11. The van der Waals surface area contributed by atoms with Gasteiger partial charge in [-0.2, -0.15) is 0 Å². The number of nitro benzene ring substituents is 1. The fourth-order valence-corrected chi connectivity index (χ4v) is 1.52. The number of hydrogen-bond acceptors (Lipinski definition) is 3. The van der Waals surface area contributed by atoms with E-state index in [4.69, 9.17) is 0 Å². The summed E-state index contributed by atoms with van der Waals surface area (Å²) < 4.78 is 0. The highest BCUT2D eigenvalue weighted by Gasteiger charge is 2.24. The maximum absolute atomic E-state index is 10.9. The second kappa shape index (κ2) is 10.8. The van der Waals surface area contributed by atoms with Crippen molar-refractivity contribution in [3.8, 4) is 5.75 Å². The molecule has 0 radical (unpaired) electrons. The first-order valence-corrected chi connectivity index (χ1v) is 8.23. The molecule has 0 amide bonds. The Labute approximate surface area is 141 Å². The van der Waals surface area contributed by atoms with E-state index >= 15 is 0 Å². The van der Waals surface area contributed by atoms with E-state index in [0.29, 0.717) is 11.1 Å². The summed E-state index contributed by atoms with van der Waals surface area (Å²) in [6.45, 7) is 19.7. The number of allylic oxidation sites excluding steroid dienone is 1. The number of nitrogens with zero attached hydrogens (tertiary/aromatic N) is 1. The Morgan fingerprint density at radius 2 is 1.65 bits per heavy atom. The average Bonchev–Trinajstić information content (AvgIpc) is 2.48. The zero-order valence-electron chi connectivity index (χ0n) is 16.0.